The minimum Gasteiger partial charge on any atom is -0.358 e. The molecule has 80 valence electrons. The summed E-state index contributed by atoms with van der Waals surface area (Å²) in [7, 11) is 1.54. The first kappa shape index (κ1) is 11.0. The predicted octanol–water partition coefficient (Wildman–Crippen LogP) is 0.427. The fraction of sp³-hybridized carbons (Fsp3) is 0.800. The fourth-order valence-electron chi connectivity index (χ4n) is 1.33. The van der Waals surface area contributed by atoms with Crippen molar-refractivity contribution in [1.82, 2.24) is 10.6 Å². The first-order valence-electron chi connectivity index (χ1n) is 5.01. The van der Waals surface area contributed by atoms with Gasteiger partial charge in [-0.25, -0.2) is 0 Å². The zero-order valence-electron chi connectivity index (χ0n) is 9.02. The van der Waals surface area contributed by atoms with Crippen molar-refractivity contribution in [2.24, 2.45) is 5.41 Å². The van der Waals surface area contributed by atoms with Crippen LogP contribution < -0.4 is 10.6 Å². The maximum absolute atomic E-state index is 11.7. The van der Waals surface area contributed by atoms with E-state index in [1.807, 2.05) is 0 Å². The highest BCUT2D eigenvalue weighted by molar-refractivity contribution is 6.04. The van der Waals surface area contributed by atoms with E-state index in [4.69, 9.17) is 0 Å². The summed E-state index contributed by atoms with van der Waals surface area (Å²) in [6.07, 6.45) is 3.25. The third-order valence-electron chi connectivity index (χ3n) is 2.80. The Hall–Kier alpha value is -1.06. The van der Waals surface area contributed by atoms with Gasteiger partial charge in [0.15, 0.2) is 0 Å². The molecule has 1 aliphatic rings. The molecule has 0 unspecified atom stereocenters. The number of hydrogen-bond acceptors (Lipinski definition) is 2. The van der Waals surface area contributed by atoms with Crippen LogP contribution in [0.4, 0.5) is 0 Å². The molecule has 4 heteroatoms. The molecule has 1 rings (SSSR count). The summed E-state index contributed by atoms with van der Waals surface area (Å²) in [5.41, 5.74) is -0.968. The van der Waals surface area contributed by atoms with Crippen LogP contribution in [0.1, 0.15) is 33.1 Å². The van der Waals surface area contributed by atoms with Gasteiger partial charge >= 0.3 is 0 Å². The minimum absolute atomic E-state index is 0.179. The Balaban J connectivity index is 2.52. The quantitative estimate of drug-likeness (QED) is 0.646. The van der Waals surface area contributed by atoms with E-state index in [1.54, 1.807) is 20.9 Å². The van der Waals surface area contributed by atoms with Crippen molar-refractivity contribution in [2.45, 2.75) is 39.2 Å². The van der Waals surface area contributed by atoms with E-state index in [0.717, 1.165) is 12.8 Å². The summed E-state index contributed by atoms with van der Waals surface area (Å²) >= 11 is 0. The molecule has 0 aromatic carbocycles. The molecule has 1 saturated carbocycles. The number of rotatable bonds is 3. The molecular formula is C10H18N2O2. The van der Waals surface area contributed by atoms with Crippen LogP contribution in [0, 0.1) is 5.41 Å². The molecule has 1 aliphatic carbocycles. The van der Waals surface area contributed by atoms with Crippen molar-refractivity contribution < 1.29 is 9.59 Å². The van der Waals surface area contributed by atoms with Gasteiger partial charge in [-0.15, -0.1) is 0 Å². The minimum atomic E-state index is -0.968. The molecule has 0 heterocycles. The number of nitrogens with one attached hydrogen (secondary N) is 2. The van der Waals surface area contributed by atoms with Crippen molar-refractivity contribution in [2.75, 3.05) is 7.05 Å². The lowest BCUT2D eigenvalue weighted by Gasteiger charge is -2.30. The normalized spacial score (nSPS) is 17.1. The van der Waals surface area contributed by atoms with Crippen LogP contribution in [0.5, 0.6) is 0 Å². The lowest BCUT2D eigenvalue weighted by Crippen LogP contribution is -2.51. The predicted molar refractivity (Wildman–Crippen MR) is 53.6 cm³/mol. The van der Waals surface area contributed by atoms with E-state index in [-0.39, 0.29) is 17.9 Å². The van der Waals surface area contributed by atoms with Gasteiger partial charge in [0.05, 0.1) is 0 Å². The van der Waals surface area contributed by atoms with Crippen LogP contribution >= 0.6 is 0 Å². The van der Waals surface area contributed by atoms with Gasteiger partial charge in [0.25, 0.3) is 0 Å². The monoisotopic (exact) mass is 198 g/mol. The lowest BCUT2D eigenvalue weighted by molar-refractivity contribution is -0.141. The third kappa shape index (κ3) is 2.05. The maximum atomic E-state index is 11.7. The molecule has 0 radical (unpaired) electrons. The van der Waals surface area contributed by atoms with Crippen LogP contribution in [0.25, 0.3) is 0 Å². The molecule has 0 aromatic heterocycles. The van der Waals surface area contributed by atoms with Gasteiger partial charge < -0.3 is 10.6 Å². The van der Waals surface area contributed by atoms with Gasteiger partial charge in [0.2, 0.25) is 11.8 Å². The molecule has 2 amide bonds. The van der Waals surface area contributed by atoms with Crippen molar-refractivity contribution in [1.29, 1.82) is 0 Å². The molecule has 4 nitrogen and oxygen atoms in total. The topological polar surface area (TPSA) is 58.2 Å². The Morgan fingerprint density at radius 2 is 1.79 bits per heavy atom. The van der Waals surface area contributed by atoms with Crippen molar-refractivity contribution >= 4 is 11.8 Å². The Labute approximate surface area is 84.4 Å². The molecule has 0 saturated heterocycles. The molecule has 0 spiro atoms. The summed E-state index contributed by atoms with van der Waals surface area (Å²) in [5.74, 6) is -0.420. The third-order valence-corrected chi connectivity index (χ3v) is 2.80. The van der Waals surface area contributed by atoms with E-state index in [1.165, 1.54) is 6.42 Å². The van der Waals surface area contributed by atoms with Crippen LogP contribution in [0.2, 0.25) is 0 Å². The van der Waals surface area contributed by atoms with Crippen molar-refractivity contribution in [3.05, 3.63) is 0 Å². The maximum Gasteiger partial charge on any atom is 0.235 e. The average molecular weight is 198 g/mol. The Morgan fingerprint density at radius 3 is 2.14 bits per heavy atom. The first-order valence-corrected chi connectivity index (χ1v) is 5.01. The Morgan fingerprint density at radius 1 is 1.21 bits per heavy atom. The van der Waals surface area contributed by atoms with Gasteiger partial charge in [-0.1, -0.05) is 0 Å². The molecule has 0 aromatic rings. The van der Waals surface area contributed by atoms with Crippen LogP contribution in [-0.4, -0.2) is 24.9 Å². The molecular weight excluding hydrogens is 180 g/mol. The fourth-order valence-corrected chi connectivity index (χ4v) is 1.33. The summed E-state index contributed by atoms with van der Waals surface area (Å²) in [6.45, 7) is 3.28. The smallest absolute Gasteiger partial charge is 0.235 e. The molecule has 1 fully saturated rings. The van der Waals surface area contributed by atoms with Gasteiger partial charge in [-0.3, -0.25) is 9.59 Å². The number of carbonyl (C=O) groups excluding carboxylic acids is 2. The summed E-state index contributed by atoms with van der Waals surface area (Å²) in [4.78, 5) is 23.1. The zero-order valence-corrected chi connectivity index (χ0v) is 9.02. The van der Waals surface area contributed by atoms with Gasteiger partial charge in [0.1, 0.15) is 5.41 Å². The lowest BCUT2D eigenvalue weighted by atomic mass is 9.87. The SMILES string of the molecule is CNC(=O)C(C)(C)C(=O)NC1CCC1. The molecule has 0 atom stereocenters. The zero-order chi connectivity index (χ0) is 10.8. The largest absolute Gasteiger partial charge is 0.358 e. The van der Waals surface area contributed by atoms with E-state index in [2.05, 4.69) is 10.6 Å². The average Bonchev–Trinajstić information content (AvgIpc) is 2.09. The second-order valence-corrected chi connectivity index (χ2v) is 4.31. The van der Waals surface area contributed by atoms with Crippen molar-refractivity contribution in [3.63, 3.8) is 0 Å². The molecule has 0 bridgehead atoms. The van der Waals surface area contributed by atoms with E-state index < -0.39 is 5.41 Å². The van der Waals surface area contributed by atoms with Gasteiger partial charge in [-0.2, -0.15) is 0 Å². The van der Waals surface area contributed by atoms with Gasteiger partial charge in [-0.05, 0) is 33.1 Å². The number of amides is 2. The first-order chi connectivity index (χ1) is 6.48. The van der Waals surface area contributed by atoms with E-state index in [0.29, 0.717) is 0 Å². The van der Waals surface area contributed by atoms with Gasteiger partial charge in [0, 0.05) is 13.1 Å². The summed E-state index contributed by atoms with van der Waals surface area (Å²) in [5, 5.41) is 5.37. The highest BCUT2D eigenvalue weighted by atomic mass is 16.2. The standard InChI is InChI=1S/C10H18N2O2/c1-10(2,8(13)11-3)9(14)12-7-5-4-6-7/h7H,4-6H2,1-3H3,(H,11,13)(H,12,14). The second kappa shape index (κ2) is 3.98. The molecule has 0 aliphatic heterocycles. The van der Waals surface area contributed by atoms with Crippen LogP contribution in [0.3, 0.4) is 0 Å². The molecule has 14 heavy (non-hydrogen) atoms. The number of hydrogen-bond donors (Lipinski definition) is 2. The summed E-state index contributed by atoms with van der Waals surface area (Å²) < 4.78 is 0. The Kier molecular flexibility index (Phi) is 3.13. The van der Waals surface area contributed by atoms with E-state index in [9.17, 15) is 9.59 Å². The van der Waals surface area contributed by atoms with E-state index >= 15 is 0 Å². The number of carbonyl (C=O) groups is 2. The van der Waals surface area contributed by atoms with Crippen molar-refractivity contribution in [3.8, 4) is 0 Å². The highest BCUT2D eigenvalue weighted by Gasteiger charge is 2.36. The van der Waals surface area contributed by atoms with Crippen LogP contribution in [0.15, 0.2) is 0 Å². The molecule has 2 N–H and O–H groups in total. The summed E-state index contributed by atoms with van der Waals surface area (Å²) in [6, 6.07) is 0.284. The Bertz CT molecular complexity index is 245. The van der Waals surface area contributed by atoms with Crippen LogP contribution in [-0.2, 0) is 9.59 Å². The highest BCUT2D eigenvalue weighted by Crippen LogP contribution is 2.21. The second-order valence-electron chi connectivity index (χ2n) is 4.31.